The van der Waals surface area contributed by atoms with E-state index < -0.39 is 0 Å². The molecule has 2 aromatic heterocycles. The zero-order valence-electron chi connectivity index (χ0n) is 11.4. The second-order valence-corrected chi connectivity index (χ2v) is 9.26. The van der Waals surface area contributed by atoms with Gasteiger partial charge in [-0.1, -0.05) is 45.3 Å². The zero-order chi connectivity index (χ0) is 14.6. The Balaban J connectivity index is 2.60. The van der Waals surface area contributed by atoms with Crippen LogP contribution in [-0.2, 0) is 0 Å². The molecule has 20 heavy (non-hydrogen) atoms. The smallest absolute Gasteiger partial charge is 0.314 e. The van der Waals surface area contributed by atoms with Crippen molar-refractivity contribution in [3.8, 4) is 11.5 Å². The Labute approximate surface area is 131 Å². The van der Waals surface area contributed by atoms with Crippen molar-refractivity contribution < 1.29 is 10.2 Å². The maximum Gasteiger partial charge on any atom is 0.314 e. The van der Waals surface area contributed by atoms with Gasteiger partial charge in [0.1, 0.15) is 28.2 Å². The highest BCUT2D eigenvalue weighted by atomic mass is 32.2. The molecule has 106 valence electrons. The van der Waals surface area contributed by atoms with Gasteiger partial charge in [-0.3, -0.25) is 0 Å². The number of fused-ring (bicyclic) bond motifs is 2. The van der Waals surface area contributed by atoms with E-state index in [9.17, 15) is 10.2 Å². The Morgan fingerprint density at radius 3 is 1.05 bits per heavy atom. The van der Waals surface area contributed by atoms with Crippen LogP contribution in [0.25, 0.3) is 18.8 Å². The number of hydrogen-bond donors (Lipinski definition) is 2. The van der Waals surface area contributed by atoms with Gasteiger partial charge in [0.25, 0.3) is 0 Å². The number of rotatable bonds is 0. The number of phenolic OH excluding ortho intramolecular Hbond substituents is 2. The molecule has 0 radical (unpaired) electrons. The fourth-order valence-electron chi connectivity index (χ4n) is 1.77. The summed E-state index contributed by atoms with van der Waals surface area (Å²) in [4.78, 5) is 0. The van der Waals surface area contributed by atoms with Crippen molar-refractivity contribution in [2.75, 3.05) is 28.2 Å². The fourth-order valence-corrected chi connectivity index (χ4v) is 6.71. The third-order valence-electron chi connectivity index (χ3n) is 2.76. The van der Waals surface area contributed by atoms with Crippen LogP contribution >= 0.6 is 45.3 Å². The summed E-state index contributed by atoms with van der Waals surface area (Å²) < 4.78 is 9.17. The monoisotopic (exact) mass is 346 g/mol. The number of benzene rings is 1. The Bertz CT molecular complexity index is 824. The lowest BCUT2D eigenvalue weighted by Crippen LogP contribution is -2.14. The zero-order valence-corrected chi connectivity index (χ0v) is 14.7. The molecule has 0 saturated carbocycles. The van der Waals surface area contributed by atoms with Crippen molar-refractivity contribution in [3.05, 3.63) is 7.97 Å². The van der Waals surface area contributed by atoms with Crippen LogP contribution in [0.15, 0.2) is 0 Å². The highest BCUT2D eigenvalue weighted by Gasteiger charge is 2.21. The summed E-state index contributed by atoms with van der Waals surface area (Å²) >= 11 is 6.04. The van der Waals surface area contributed by atoms with Gasteiger partial charge in [0, 0.05) is 0 Å². The Morgan fingerprint density at radius 2 is 0.850 bits per heavy atom. The quantitative estimate of drug-likeness (QED) is 0.481. The van der Waals surface area contributed by atoms with E-state index in [1.807, 2.05) is 37.3 Å². The molecule has 0 aliphatic rings. The Hall–Kier alpha value is -0.960. The van der Waals surface area contributed by atoms with Crippen molar-refractivity contribution in [2.45, 2.75) is 0 Å². The average Bonchev–Trinajstić information content (AvgIpc) is 3.00. The first-order chi connectivity index (χ1) is 9.40. The minimum absolute atomic E-state index is 0.288. The van der Waals surface area contributed by atoms with Gasteiger partial charge in [-0.15, -0.1) is 0 Å². The van der Waals surface area contributed by atoms with E-state index in [0.29, 0.717) is 0 Å². The Kier molecular flexibility index (Phi) is 3.36. The third kappa shape index (κ3) is 1.98. The van der Waals surface area contributed by atoms with Crippen molar-refractivity contribution in [1.82, 2.24) is 9.15 Å². The van der Waals surface area contributed by atoms with Crippen LogP contribution in [-0.4, -0.2) is 38.4 Å². The third-order valence-corrected chi connectivity index (χ3v) is 8.58. The topological polar surface area (TPSA) is 46.5 Å². The van der Waals surface area contributed by atoms with E-state index in [-0.39, 0.29) is 11.5 Å². The van der Waals surface area contributed by atoms with E-state index in [1.165, 1.54) is 45.3 Å². The van der Waals surface area contributed by atoms with Gasteiger partial charge in [0.2, 0.25) is 0 Å². The molecule has 0 saturated heterocycles. The lowest BCUT2D eigenvalue weighted by atomic mass is 10.3. The molecule has 0 amide bonds. The summed E-state index contributed by atoms with van der Waals surface area (Å²) in [7, 11) is 7.85. The van der Waals surface area contributed by atoms with E-state index in [0.717, 1.165) is 26.8 Å². The number of hydrogen-bond acceptors (Lipinski definition) is 6. The molecular formula is C12H14N2O2S4+2. The van der Waals surface area contributed by atoms with E-state index in [2.05, 4.69) is 0 Å². The standard InChI is InChI=1S/C12H12N2O2S4/c1-13(2)11-17-7-5(15)9-10(6(16)8(7)18-11)20-12(19-9)14(3)4/h1-4H3/p+2. The van der Waals surface area contributed by atoms with Gasteiger partial charge in [0.15, 0.2) is 11.5 Å². The molecule has 0 fully saturated rings. The van der Waals surface area contributed by atoms with Crippen LogP contribution in [0.1, 0.15) is 0 Å². The predicted molar refractivity (Wildman–Crippen MR) is 90.5 cm³/mol. The maximum absolute atomic E-state index is 10.5. The van der Waals surface area contributed by atoms with Gasteiger partial charge < -0.3 is 10.2 Å². The highest BCUT2D eigenvalue weighted by Crippen LogP contribution is 2.46. The van der Waals surface area contributed by atoms with Gasteiger partial charge in [-0.05, 0) is 0 Å². The lowest BCUT2D eigenvalue weighted by Gasteiger charge is -1.98. The molecule has 2 N–H and O–H groups in total. The summed E-state index contributed by atoms with van der Waals surface area (Å²) in [5, 5.41) is 21.0. The number of phenols is 2. The van der Waals surface area contributed by atoms with E-state index in [1.54, 1.807) is 0 Å². The van der Waals surface area contributed by atoms with Crippen molar-refractivity contribution in [3.63, 3.8) is 0 Å². The van der Waals surface area contributed by atoms with Gasteiger partial charge in [-0.25, -0.2) is 9.15 Å². The summed E-state index contributed by atoms with van der Waals surface area (Å²) in [5.41, 5.74) is 0. The Morgan fingerprint density at radius 1 is 0.600 bits per heavy atom. The van der Waals surface area contributed by atoms with Crippen molar-refractivity contribution in [1.29, 1.82) is 0 Å². The largest absolute Gasteiger partial charge is 0.505 e. The number of nitrogens with zero attached hydrogens (tertiary/aromatic N) is 2. The van der Waals surface area contributed by atoms with Crippen molar-refractivity contribution in [2.24, 2.45) is 0 Å². The second-order valence-electron chi connectivity index (χ2n) is 4.74. The molecule has 0 atom stereocenters. The van der Waals surface area contributed by atoms with Crippen molar-refractivity contribution >= 4 is 64.1 Å². The van der Waals surface area contributed by atoms with Crippen LogP contribution < -0.4 is 17.1 Å². The minimum Gasteiger partial charge on any atom is -0.505 e. The summed E-state index contributed by atoms with van der Waals surface area (Å²) in [6, 6.07) is 0. The molecule has 0 aliphatic heterocycles. The maximum atomic E-state index is 10.5. The molecule has 3 aromatic rings. The molecule has 0 aliphatic carbocycles. The lowest BCUT2D eigenvalue weighted by molar-refractivity contribution is 0.481. The van der Waals surface area contributed by atoms with Gasteiger partial charge in [-0.2, -0.15) is 0 Å². The normalized spacial score (nSPS) is 11.4. The molecule has 2 heterocycles. The molecule has 1 aromatic carbocycles. The highest BCUT2D eigenvalue weighted by molar-refractivity contribution is 7.39. The summed E-state index contributed by atoms with van der Waals surface area (Å²) in [6.45, 7) is 0. The first-order valence-electron chi connectivity index (χ1n) is 5.82. The summed E-state index contributed by atoms with van der Waals surface area (Å²) in [5.74, 6) is 0.577. The minimum atomic E-state index is 0.288. The molecule has 8 heteroatoms. The molecule has 3 rings (SSSR count). The average molecular weight is 347 g/mol. The van der Waals surface area contributed by atoms with Gasteiger partial charge in [0.05, 0.1) is 18.8 Å². The SMILES string of the molecule is C[N+](C)=c1sc2c(O)c3sc(=[N+](C)C)sc3c(O)c2s1. The molecule has 4 nitrogen and oxygen atoms in total. The first kappa shape index (κ1) is 14.0. The molecule has 0 unspecified atom stereocenters. The molecular weight excluding hydrogens is 332 g/mol. The van der Waals surface area contributed by atoms with Gasteiger partial charge >= 0.3 is 7.97 Å². The van der Waals surface area contributed by atoms with E-state index >= 15 is 0 Å². The molecule has 0 spiro atoms. The molecule has 0 bridgehead atoms. The predicted octanol–water partition coefficient (Wildman–Crippen LogP) is 1.71. The summed E-state index contributed by atoms with van der Waals surface area (Å²) in [6.07, 6.45) is 0. The second kappa shape index (κ2) is 4.80. The van der Waals surface area contributed by atoms with E-state index in [4.69, 9.17) is 0 Å². The van der Waals surface area contributed by atoms with Crippen LogP contribution in [0.2, 0.25) is 0 Å². The van der Waals surface area contributed by atoms with Crippen LogP contribution in [0, 0.1) is 0 Å². The van der Waals surface area contributed by atoms with Crippen LogP contribution in [0.5, 0.6) is 11.5 Å². The van der Waals surface area contributed by atoms with Crippen LogP contribution in [0.3, 0.4) is 0 Å². The fraction of sp³-hybridized carbons (Fsp3) is 0.333. The number of aromatic hydroxyl groups is 2. The first-order valence-corrected chi connectivity index (χ1v) is 9.08. The van der Waals surface area contributed by atoms with Crippen LogP contribution in [0.4, 0.5) is 0 Å².